The Morgan fingerprint density at radius 3 is 2.84 bits per heavy atom. The number of aromatic hydroxyl groups is 1. The molecule has 1 aliphatic heterocycles. The van der Waals surface area contributed by atoms with Crippen LogP contribution in [-0.4, -0.2) is 30.6 Å². The first kappa shape index (κ1) is 13.9. The molecule has 1 heterocycles. The van der Waals surface area contributed by atoms with E-state index in [9.17, 15) is 9.90 Å². The molecular formula is C15H22N2O2. The number of benzene rings is 1. The van der Waals surface area contributed by atoms with Gasteiger partial charge in [-0.25, -0.2) is 0 Å². The van der Waals surface area contributed by atoms with Crippen molar-refractivity contribution in [2.45, 2.75) is 26.2 Å². The molecule has 0 saturated carbocycles. The number of hydrogen-bond acceptors (Lipinski definition) is 3. The molecule has 1 amide bonds. The van der Waals surface area contributed by atoms with E-state index in [2.05, 4.69) is 17.6 Å². The number of rotatable bonds is 4. The van der Waals surface area contributed by atoms with Crippen LogP contribution in [0.3, 0.4) is 0 Å². The van der Waals surface area contributed by atoms with E-state index in [1.165, 1.54) is 0 Å². The van der Waals surface area contributed by atoms with Crippen LogP contribution in [0.15, 0.2) is 24.3 Å². The summed E-state index contributed by atoms with van der Waals surface area (Å²) < 4.78 is 0. The quantitative estimate of drug-likeness (QED) is 0.769. The van der Waals surface area contributed by atoms with Crippen molar-refractivity contribution in [2.75, 3.05) is 19.6 Å². The first-order chi connectivity index (χ1) is 9.07. The van der Waals surface area contributed by atoms with Gasteiger partial charge in [0, 0.05) is 6.54 Å². The van der Waals surface area contributed by atoms with E-state index in [0.717, 1.165) is 38.0 Å². The Balaban J connectivity index is 1.81. The lowest BCUT2D eigenvalue weighted by Gasteiger charge is -2.34. The molecule has 104 valence electrons. The lowest BCUT2D eigenvalue weighted by molar-refractivity contribution is -0.121. The largest absolute Gasteiger partial charge is 0.508 e. The van der Waals surface area contributed by atoms with E-state index in [1.807, 2.05) is 6.07 Å². The van der Waals surface area contributed by atoms with Crippen LogP contribution in [0.1, 0.15) is 25.3 Å². The number of hydrogen-bond donors (Lipinski definition) is 3. The van der Waals surface area contributed by atoms with E-state index in [0.29, 0.717) is 6.42 Å². The van der Waals surface area contributed by atoms with Gasteiger partial charge in [0.1, 0.15) is 5.75 Å². The minimum absolute atomic E-state index is 0.0188. The Labute approximate surface area is 114 Å². The lowest BCUT2D eigenvalue weighted by atomic mass is 9.81. The van der Waals surface area contributed by atoms with Gasteiger partial charge in [-0.1, -0.05) is 19.1 Å². The minimum Gasteiger partial charge on any atom is -0.508 e. The monoisotopic (exact) mass is 262 g/mol. The summed E-state index contributed by atoms with van der Waals surface area (Å²) in [5, 5.41) is 15.7. The SMILES string of the molecule is CC1(CNC(=O)Cc2cccc(O)c2)CCNCC1. The average molecular weight is 262 g/mol. The molecule has 3 N–H and O–H groups in total. The molecule has 0 aliphatic carbocycles. The molecule has 0 aromatic heterocycles. The minimum atomic E-state index is 0.0188. The number of carbonyl (C=O) groups is 1. The molecular weight excluding hydrogens is 240 g/mol. The number of nitrogens with one attached hydrogen (secondary N) is 2. The summed E-state index contributed by atoms with van der Waals surface area (Å²) >= 11 is 0. The molecule has 19 heavy (non-hydrogen) atoms. The van der Waals surface area contributed by atoms with Gasteiger partial charge in [0.15, 0.2) is 0 Å². The van der Waals surface area contributed by atoms with Gasteiger partial charge >= 0.3 is 0 Å². The fraction of sp³-hybridized carbons (Fsp3) is 0.533. The van der Waals surface area contributed by atoms with E-state index in [4.69, 9.17) is 0 Å². The van der Waals surface area contributed by atoms with Crippen LogP contribution in [0, 0.1) is 5.41 Å². The number of amides is 1. The first-order valence-electron chi connectivity index (χ1n) is 6.83. The van der Waals surface area contributed by atoms with Crippen molar-refractivity contribution in [2.24, 2.45) is 5.41 Å². The van der Waals surface area contributed by atoms with Gasteiger partial charge in [-0.15, -0.1) is 0 Å². The molecule has 2 rings (SSSR count). The van der Waals surface area contributed by atoms with E-state index < -0.39 is 0 Å². The summed E-state index contributed by atoms with van der Waals surface area (Å²) in [7, 11) is 0. The van der Waals surface area contributed by atoms with Crippen LogP contribution < -0.4 is 10.6 Å². The fourth-order valence-electron chi connectivity index (χ4n) is 2.43. The van der Waals surface area contributed by atoms with Crippen molar-refractivity contribution in [3.8, 4) is 5.75 Å². The van der Waals surface area contributed by atoms with Crippen molar-refractivity contribution >= 4 is 5.91 Å². The standard InChI is InChI=1S/C15H22N2O2/c1-15(5-7-16-8-6-15)11-17-14(19)10-12-3-2-4-13(18)9-12/h2-4,9,16,18H,5-8,10-11H2,1H3,(H,17,19). The third kappa shape index (κ3) is 4.24. The van der Waals surface area contributed by atoms with Crippen LogP contribution in [0.4, 0.5) is 0 Å². The molecule has 4 heteroatoms. The van der Waals surface area contributed by atoms with Gasteiger partial charge in [0.2, 0.25) is 5.91 Å². The van der Waals surface area contributed by atoms with Crippen molar-refractivity contribution in [1.82, 2.24) is 10.6 Å². The maximum Gasteiger partial charge on any atom is 0.224 e. The summed E-state index contributed by atoms with van der Waals surface area (Å²) in [5.41, 5.74) is 1.05. The van der Waals surface area contributed by atoms with Crippen molar-refractivity contribution in [1.29, 1.82) is 0 Å². The molecule has 1 aromatic carbocycles. The van der Waals surface area contributed by atoms with Crippen LogP contribution >= 0.6 is 0 Å². The molecule has 0 spiro atoms. The molecule has 1 aromatic rings. The van der Waals surface area contributed by atoms with Crippen LogP contribution in [0.25, 0.3) is 0 Å². The molecule has 0 bridgehead atoms. The predicted molar refractivity (Wildman–Crippen MR) is 75.0 cm³/mol. The zero-order valence-electron chi connectivity index (χ0n) is 11.4. The lowest BCUT2D eigenvalue weighted by Crippen LogP contribution is -2.43. The third-order valence-corrected chi connectivity index (χ3v) is 3.80. The second-order valence-electron chi connectivity index (χ2n) is 5.68. The van der Waals surface area contributed by atoms with Gasteiger partial charge in [0.05, 0.1) is 6.42 Å². The van der Waals surface area contributed by atoms with E-state index >= 15 is 0 Å². The second-order valence-corrected chi connectivity index (χ2v) is 5.68. The highest BCUT2D eigenvalue weighted by Gasteiger charge is 2.26. The number of piperidine rings is 1. The highest BCUT2D eigenvalue weighted by molar-refractivity contribution is 5.78. The first-order valence-corrected chi connectivity index (χ1v) is 6.83. The van der Waals surface area contributed by atoms with Gasteiger partial charge in [0.25, 0.3) is 0 Å². The van der Waals surface area contributed by atoms with E-state index in [1.54, 1.807) is 18.2 Å². The predicted octanol–water partition coefficient (Wildman–Crippen LogP) is 1.44. The zero-order valence-corrected chi connectivity index (χ0v) is 11.4. The maximum absolute atomic E-state index is 11.9. The van der Waals surface area contributed by atoms with E-state index in [-0.39, 0.29) is 17.1 Å². The molecule has 0 unspecified atom stereocenters. The van der Waals surface area contributed by atoms with Crippen molar-refractivity contribution in [3.05, 3.63) is 29.8 Å². The molecule has 0 atom stereocenters. The number of phenols is 1. The molecule has 1 fully saturated rings. The summed E-state index contributed by atoms with van der Waals surface area (Å²) in [6.45, 7) is 5.01. The van der Waals surface area contributed by atoms with Gasteiger partial charge in [-0.3, -0.25) is 4.79 Å². The number of phenolic OH excluding ortho intramolecular Hbond substituents is 1. The molecule has 1 aliphatic rings. The van der Waals surface area contributed by atoms with Gasteiger partial charge < -0.3 is 15.7 Å². The highest BCUT2D eigenvalue weighted by atomic mass is 16.3. The topological polar surface area (TPSA) is 61.4 Å². The van der Waals surface area contributed by atoms with Gasteiger partial charge in [-0.2, -0.15) is 0 Å². The fourth-order valence-corrected chi connectivity index (χ4v) is 2.43. The molecule has 4 nitrogen and oxygen atoms in total. The maximum atomic E-state index is 11.9. The Bertz CT molecular complexity index is 440. The van der Waals surface area contributed by atoms with Crippen molar-refractivity contribution < 1.29 is 9.90 Å². The zero-order chi connectivity index (χ0) is 13.7. The van der Waals surface area contributed by atoms with Crippen molar-refractivity contribution in [3.63, 3.8) is 0 Å². The summed E-state index contributed by atoms with van der Waals surface area (Å²) in [5.74, 6) is 0.223. The third-order valence-electron chi connectivity index (χ3n) is 3.80. The van der Waals surface area contributed by atoms with Gasteiger partial charge in [-0.05, 0) is 49.0 Å². The normalized spacial score (nSPS) is 17.9. The summed E-state index contributed by atoms with van der Waals surface area (Å²) in [4.78, 5) is 11.9. The average Bonchev–Trinajstić information content (AvgIpc) is 2.38. The summed E-state index contributed by atoms with van der Waals surface area (Å²) in [6.07, 6.45) is 2.52. The van der Waals surface area contributed by atoms with Crippen LogP contribution in [0.2, 0.25) is 0 Å². The highest BCUT2D eigenvalue weighted by Crippen LogP contribution is 2.26. The summed E-state index contributed by atoms with van der Waals surface area (Å²) in [6, 6.07) is 6.85. The second kappa shape index (κ2) is 6.06. The molecule has 1 saturated heterocycles. The molecule has 0 radical (unpaired) electrons. The smallest absolute Gasteiger partial charge is 0.224 e. The van der Waals surface area contributed by atoms with Crippen LogP contribution in [0.5, 0.6) is 5.75 Å². The Morgan fingerprint density at radius 1 is 1.42 bits per heavy atom. The number of carbonyl (C=O) groups excluding carboxylic acids is 1. The Morgan fingerprint density at radius 2 is 2.16 bits per heavy atom. The Hall–Kier alpha value is -1.55. The Kier molecular flexibility index (Phi) is 4.43. The van der Waals surface area contributed by atoms with Crippen LogP contribution in [-0.2, 0) is 11.2 Å².